The van der Waals surface area contributed by atoms with Gasteiger partial charge < -0.3 is 17.1 Å². The number of nitrogens with zero attached hydrogens (tertiary/aromatic N) is 2. The summed E-state index contributed by atoms with van der Waals surface area (Å²) in [6, 6.07) is 1.62. The zero-order valence-electron chi connectivity index (χ0n) is 5.45. The van der Waals surface area contributed by atoms with E-state index in [0.717, 1.165) is 5.69 Å². The van der Waals surface area contributed by atoms with Crippen LogP contribution in [-0.2, 0) is 39.1 Å². The summed E-state index contributed by atoms with van der Waals surface area (Å²) in [6.07, 6.45) is 1.26. The maximum absolute atomic E-state index is 10.0. The average Bonchev–Trinajstić information content (AvgIpc) is 2.34. The molecule has 0 aromatic carbocycles. The van der Waals surface area contributed by atoms with Gasteiger partial charge in [0.25, 0.3) is 0 Å². The second-order valence-electron chi connectivity index (χ2n) is 1.63. The first-order chi connectivity index (χ1) is 4.36. The fraction of sp³-hybridized carbons (Fsp3) is 0.167. The first-order valence-electron chi connectivity index (χ1n) is 2.60. The molecule has 0 aliphatic rings. The topological polar surface area (TPSA) is 44.1 Å². The summed E-state index contributed by atoms with van der Waals surface area (Å²) >= 11 is 0. The van der Waals surface area contributed by atoms with E-state index in [-0.39, 0.29) is 32.7 Å². The van der Waals surface area contributed by atoms with Gasteiger partial charge in [-0.1, -0.05) is 6.07 Å². The zero-order valence-corrected chi connectivity index (χ0v) is 8.29. The van der Waals surface area contributed by atoms with Crippen LogP contribution >= 0.6 is 0 Å². The van der Waals surface area contributed by atoms with Crippen molar-refractivity contribution in [2.75, 3.05) is 0 Å². The third kappa shape index (κ3) is 2.31. The molecule has 0 aliphatic carbocycles. The van der Waals surface area contributed by atoms with Crippen molar-refractivity contribution in [3.8, 4) is 0 Å². The van der Waals surface area contributed by atoms with E-state index in [0.29, 0.717) is 18.4 Å². The standard InChI is InChI=1S/C6H7N2O.Y/c1-2-5-3-6(4-9)8-7-5;/h3-4H,1-2H2,(H,7,8,9);/q-1;/p-1. The second kappa shape index (κ2) is 4.75. The third-order valence-electron chi connectivity index (χ3n) is 0.985. The summed E-state index contributed by atoms with van der Waals surface area (Å²) < 4.78 is 0. The minimum Gasteiger partial charge on any atom is -0.580 e. The van der Waals surface area contributed by atoms with Crippen LogP contribution in [0.3, 0.4) is 0 Å². The van der Waals surface area contributed by atoms with Gasteiger partial charge in [-0.05, 0) is 0 Å². The molecule has 0 atom stereocenters. The predicted octanol–water partition coefficient (Wildman–Crippen LogP) is 0.225. The maximum Gasteiger partial charge on any atom is 0.166 e. The molecule has 0 spiro atoms. The predicted molar refractivity (Wildman–Crippen MR) is 32.0 cm³/mol. The van der Waals surface area contributed by atoms with E-state index in [1.54, 1.807) is 6.07 Å². The Morgan fingerprint density at radius 2 is 2.50 bits per heavy atom. The van der Waals surface area contributed by atoms with Gasteiger partial charge in [0.05, 0.1) is 5.69 Å². The monoisotopic (exact) mass is 211 g/mol. The Kier molecular flexibility index (Phi) is 4.74. The van der Waals surface area contributed by atoms with Gasteiger partial charge in [-0.25, -0.2) is 0 Å². The van der Waals surface area contributed by atoms with Gasteiger partial charge in [0, 0.05) is 32.7 Å². The molecule has 0 saturated carbocycles. The summed E-state index contributed by atoms with van der Waals surface area (Å²) in [5.74, 6) is 0. The molecule has 4 heteroatoms. The van der Waals surface area contributed by atoms with Crippen molar-refractivity contribution in [1.82, 2.24) is 10.2 Å². The minimum absolute atomic E-state index is 0. The van der Waals surface area contributed by atoms with Crippen LogP contribution in [0.2, 0.25) is 0 Å². The van der Waals surface area contributed by atoms with Gasteiger partial charge in [-0.3, -0.25) is 4.79 Å². The molecular formula is C6H6N2OY-2. The van der Waals surface area contributed by atoms with Gasteiger partial charge >= 0.3 is 0 Å². The Hall–Kier alpha value is -0.0161. The second-order valence-corrected chi connectivity index (χ2v) is 1.63. The van der Waals surface area contributed by atoms with Crippen molar-refractivity contribution >= 4 is 6.29 Å². The number of rotatable bonds is 2. The fourth-order valence-electron chi connectivity index (χ4n) is 0.530. The van der Waals surface area contributed by atoms with Gasteiger partial charge in [-0.2, -0.15) is 12.1 Å². The van der Waals surface area contributed by atoms with Gasteiger partial charge in [-0.15, -0.1) is 0 Å². The van der Waals surface area contributed by atoms with Crippen LogP contribution in [0.5, 0.6) is 0 Å². The van der Waals surface area contributed by atoms with Crippen molar-refractivity contribution in [2.24, 2.45) is 0 Å². The number of carbonyl (C=O) groups is 1. The molecule has 1 rings (SSSR count). The van der Waals surface area contributed by atoms with E-state index in [1.807, 2.05) is 0 Å². The van der Waals surface area contributed by atoms with E-state index in [4.69, 9.17) is 0 Å². The van der Waals surface area contributed by atoms with Crippen LogP contribution < -0.4 is 5.10 Å². The van der Waals surface area contributed by atoms with E-state index in [2.05, 4.69) is 17.1 Å². The Labute approximate surface area is 84.5 Å². The summed E-state index contributed by atoms with van der Waals surface area (Å²) in [4.78, 5) is 10.0. The molecule has 10 heavy (non-hydrogen) atoms. The maximum atomic E-state index is 10.0. The van der Waals surface area contributed by atoms with E-state index in [1.165, 1.54) is 0 Å². The fourth-order valence-corrected chi connectivity index (χ4v) is 0.530. The Morgan fingerprint density at radius 1 is 1.80 bits per heavy atom. The zero-order chi connectivity index (χ0) is 6.69. The quantitative estimate of drug-likeness (QED) is 0.519. The van der Waals surface area contributed by atoms with Crippen molar-refractivity contribution in [2.45, 2.75) is 6.42 Å². The molecule has 0 saturated heterocycles. The van der Waals surface area contributed by atoms with Crippen LogP contribution in [0.1, 0.15) is 16.2 Å². The summed E-state index contributed by atoms with van der Waals surface area (Å²) in [5.41, 5.74) is 1.14. The number of hydrogen-bond donors (Lipinski definition) is 0. The van der Waals surface area contributed by atoms with Crippen LogP contribution in [0, 0.1) is 6.92 Å². The van der Waals surface area contributed by atoms with Gasteiger partial charge in [0.2, 0.25) is 0 Å². The largest absolute Gasteiger partial charge is 0.580 e. The normalized spacial score (nSPS) is 8.50. The van der Waals surface area contributed by atoms with E-state index in [9.17, 15) is 4.79 Å². The summed E-state index contributed by atoms with van der Waals surface area (Å²) in [5, 5.41) is 7.21. The molecule has 1 aromatic heterocycles. The number of carbonyl (C=O) groups excluding carboxylic acids is 1. The minimum atomic E-state index is 0. The molecule has 1 aromatic rings. The van der Waals surface area contributed by atoms with E-state index < -0.39 is 0 Å². The van der Waals surface area contributed by atoms with Gasteiger partial charge in [0.15, 0.2) is 6.29 Å². The Morgan fingerprint density at radius 3 is 2.80 bits per heavy atom. The first kappa shape index (κ1) is 9.98. The van der Waals surface area contributed by atoms with Gasteiger partial charge in [0.1, 0.15) is 0 Å². The molecule has 0 aliphatic heterocycles. The molecule has 3 nitrogen and oxygen atoms in total. The number of aldehydes is 1. The van der Waals surface area contributed by atoms with Crippen LogP contribution in [0.25, 0.3) is 0 Å². The van der Waals surface area contributed by atoms with Crippen LogP contribution in [0.15, 0.2) is 6.07 Å². The molecular weight excluding hydrogens is 205 g/mol. The summed E-state index contributed by atoms with van der Waals surface area (Å²) in [7, 11) is 0. The molecule has 1 radical (unpaired) electrons. The molecule has 0 N–H and O–H groups in total. The average molecular weight is 211 g/mol. The van der Waals surface area contributed by atoms with Crippen molar-refractivity contribution in [3.63, 3.8) is 0 Å². The SMILES string of the molecule is [CH2-]Cc1cc(C=O)n[n-]1.[Y]. The molecule has 0 fully saturated rings. The smallest absolute Gasteiger partial charge is 0.166 e. The molecule has 0 bridgehead atoms. The molecule has 51 valence electrons. The molecule has 0 unspecified atom stereocenters. The summed E-state index contributed by atoms with van der Waals surface area (Å²) in [6.45, 7) is 3.59. The molecule has 1 heterocycles. The third-order valence-corrected chi connectivity index (χ3v) is 0.985. The van der Waals surface area contributed by atoms with Crippen molar-refractivity contribution < 1.29 is 37.5 Å². The first-order valence-corrected chi connectivity index (χ1v) is 2.60. The van der Waals surface area contributed by atoms with Crippen LogP contribution in [0.4, 0.5) is 0 Å². The Bertz CT molecular complexity index is 209. The van der Waals surface area contributed by atoms with Crippen molar-refractivity contribution in [3.05, 3.63) is 24.4 Å². The number of hydrogen-bond acceptors (Lipinski definition) is 2. The van der Waals surface area contributed by atoms with E-state index >= 15 is 0 Å². The Balaban J connectivity index is 0.000000810. The number of aromatic nitrogens is 2. The van der Waals surface area contributed by atoms with Crippen LogP contribution in [-0.4, -0.2) is 11.4 Å². The molecule has 0 amide bonds. The van der Waals surface area contributed by atoms with Crippen molar-refractivity contribution in [1.29, 1.82) is 0 Å².